The van der Waals surface area contributed by atoms with Crippen LogP contribution in [-0.4, -0.2) is 64.5 Å². The minimum Gasteiger partial charge on any atom is -0.550 e. The number of nitrogens with zero attached hydrogens (tertiary/aromatic N) is 4. The summed E-state index contributed by atoms with van der Waals surface area (Å²) in [5.41, 5.74) is 3.55. The van der Waals surface area contributed by atoms with Gasteiger partial charge in [0.15, 0.2) is 0 Å². The van der Waals surface area contributed by atoms with Crippen molar-refractivity contribution >= 4 is 23.9 Å². The molecule has 0 bridgehead atoms. The fourth-order valence-electron chi connectivity index (χ4n) is 1.83. The molecule has 0 fully saturated rings. The van der Waals surface area contributed by atoms with Crippen molar-refractivity contribution in [3.8, 4) is 22.8 Å². The normalized spacial score (nSPS) is 8.10. The standard InChI is InChI=1S/2C8H7N3.4C2H4O2.Mn/c2*1-2-5-9-7(3-1)8-4-6-10-11-8;4*1-2(3)4;/h2*1-6H,(H,10,11);4*1H3,(H,3,4);/q;;;;;;+2/p-2. The first kappa shape index (κ1) is 38.6. The zero-order valence-electron chi connectivity index (χ0n) is 21.4. The Morgan fingerprint density at radius 2 is 0.897 bits per heavy atom. The van der Waals surface area contributed by atoms with Crippen molar-refractivity contribution in [1.82, 2.24) is 30.4 Å². The number of hydrogen-bond acceptors (Lipinski definition) is 10. The van der Waals surface area contributed by atoms with Crippen LogP contribution in [0.4, 0.5) is 0 Å². The molecule has 4 heterocycles. The maximum Gasteiger partial charge on any atom is 2.00 e. The summed E-state index contributed by atoms with van der Waals surface area (Å²) in [5, 5.41) is 46.1. The van der Waals surface area contributed by atoms with Crippen LogP contribution in [-0.2, 0) is 36.2 Å². The Hall–Kier alpha value is -4.88. The minimum atomic E-state index is -1.08. The molecule has 209 valence electrons. The number of aliphatic carboxylic acids is 4. The van der Waals surface area contributed by atoms with Gasteiger partial charge in [0.2, 0.25) is 0 Å². The molecule has 1 radical (unpaired) electrons. The molecule has 4 aromatic heterocycles. The van der Waals surface area contributed by atoms with E-state index in [4.69, 9.17) is 39.6 Å². The van der Waals surface area contributed by atoms with Gasteiger partial charge in [-0.2, -0.15) is 10.2 Å². The molecule has 0 aromatic carbocycles. The third-order valence-corrected chi connectivity index (χ3v) is 2.86. The largest absolute Gasteiger partial charge is 2.00 e. The van der Waals surface area contributed by atoms with Gasteiger partial charge in [0, 0.05) is 50.6 Å². The van der Waals surface area contributed by atoms with E-state index in [1.54, 1.807) is 24.8 Å². The van der Waals surface area contributed by atoms with Crippen LogP contribution in [0.3, 0.4) is 0 Å². The number of carboxylic acids is 4. The molecular weight excluding hydrogens is 555 g/mol. The molecule has 39 heavy (non-hydrogen) atoms. The van der Waals surface area contributed by atoms with Crippen molar-refractivity contribution in [1.29, 1.82) is 0 Å². The smallest absolute Gasteiger partial charge is 0.550 e. The van der Waals surface area contributed by atoms with Crippen molar-refractivity contribution in [2.75, 3.05) is 0 Å². The third kappa shape index (κ3) is 29.2. The summed E-state index contributed by atoms with van der Waals surface area (Å²) < 4.78 is 0. The van der Waals surface area contributed by atoms with Crippen molar-refractivity contribution in [3.63, 3.8) is 0 Å². The quantitative estimate of drug-likeness (QED) is 0.238. The van der Waals surface area contributed by atoms with Gasteiger partial charge in [-0.25, -0.2) is 0 Å². The number of pyridine rings is 2. The monoisotopic (exact) mass is 583 g/mol. The second kappa shape index (κ2) is 24.8. The van der Waals surface area contributed by atoms with E-state index in [1.165, 1.54) is 0 Å². The van der Waals surface area contributed by atoms with Crippen LogP contribution in [0.5, 0.6) is 0 Å². The van der Waals surface area contributed by atoms with Crippen molar-refractivity contribution in [2.24, 2.45) is 0 Å². The molecule has 4 aromatic rings. The number of aromatic nitrogens is 6. The minimum absolute atomic E-state index is 0. The fraction of sp³-hybridized carbons (Fsp3) is 0.167. The molecule has 0 amide bonds. The summed E-state index contributed by atoms with van der Waals surface area (Å²) in [6, 6.07) is 15.3. The van der Waals surface area contributed by atoms with Gasteiger partial charge in [-0.05, 0) is 50.2 Å². The summed E-state index contributed by atoms with van der Waals surface area (Å²) in [6.45, 7) is 4.11. The summed E-state index contributed by atoms with van der Waals surface area (Å²) in [4.78, 5) is 44.1. The van der Waals surface area contributed by atoms with E-state index in [-0.39, 0.29) is 17.1 Å². The number of carbonyl (C=O) groups is 4. The Balaban J connectivity index is -0.000000432. The van der Waals surface area contributed by atoms with E-state index in [1.807, 2.05) is 48.5 Å². The molecule has 14 nitrogen and oxygen atoms in total. The molecule has 0 unspecified atom stereocenters. The zero-order chi connectivity index (χ0) is 29.3. The Labute approximate surface area is 234 Å². The topological polar surface area (TPSA) is 238 Å². The third-order valence-electron chi connectivity index (χ3n) is 2.86. The van der Waals surface area contributed by atoms with Crippen LogP contribution in [0, 0.1) is 0 Å². The average molecular weight is 583 g/mol. The van der Waals surface area contributed by atoms with E-state index in [9.17, 15) is 0 Å². The Kier molecular flexibility index (Phi) is 24.6. The van der Waals surface area contributed by atoms with Crippen LogP contribution in [0.25, 0.3) is 22.8 Å². The van der Waals surface area contributed by atoms with Gasteiger partial charge in [0.1, 0.15) is 11.4 Å². The number of H-pyrrole nitrogens is 2. The Morgan fingerprint density at radius 3 is 1.08 bits per heavy atom. The summed E-state index contributed by atoms with van der Waals surface area (Å²) >= 11 is 0. The summed E-state index contributed by atoms with van der Waals surface area (Å²) in [7, 11) is 0. The zero-order valence-corrected chi connectivity index (χ0v) is 22.6. The van der Waals surface area contributed by atoms with Crippen LogP contribution >= 0.6 is 0 Å². The molecule has 0 saturated carbocycles. The number of aromatic amines is 2. The van der Waals surface area contributed by atoms with Gasteiger partial charge in [0.05, 0.1) is 11.4 Å². The van der Waals surface area contributed by atoms with Gasteiger partial charge >= 0.3 is 17.1 Å². The van der Waals surface area contributed by atoms with Gasteiger partial charge in [-0.3, -0.25) is 29.8 Å². The van der Waals surface area contributed by atoms with Gasteiger partial charge < -0.3 is 30.0 Å². The van der Waals surface area contributed by atoms with E-state index < -0.39 is 23.9 Å². The predicted molar refractivity (Wildman–Crippen MR) is 132 cm³/mol. The van der Waals surface area contributed by atoms with Gasteiger partial charge in [-0.1, -0.05) is 12.1 Å². The number of carbonyl (C=O) groups excluding carboxylic acids is 2. The second-order valence-corrected chi connectivity index (χ2v) is 6.37. The molecule has 0 aliphatic rings. The first-order chi connectivity index (χ1) is 17.9. The maximum atomic E-state index is 9.00. The van der Waals surface area contributed by atoms with Gasteiger partial charge in [-0.15, -0.1) is 0 Å². The van der Waals surface area contributed by atoms with Crippen LogP contribution < -0.4 is 10.2 Å². The van der Waals surface area contributed by atoms with E-state index in [2.05, 4.69) is 30.4 Å². The first-order valence-electron chi connectivity index (χ1n) is 10.4. The molecule has 0 saturated heterocycles. The molecular formula is C24H28MnN6O8. The summed E-state index contributed by atoms with van der Waals surface area (Å²) in [5.74, 6) is -3.83. The molecule has 15 heteroatoms. The maximum absolute atomic E-state index is 9.00. The van der Waals surface area contributed by atoms with Crippen molar-refractivity contribution < 1.29 is 56.7 Å². The first-order valence-corrected chi connectivity index (χ1v) is 10.4. The Morgan fingerprint density at radius 1 is 0.615 bits per heavy atom. The average Bonchev–Trinajstić information content (AvgIpc) is 3.54. The van der Waals surface area contributed by atoms with E-state index in [0.717, 1.165) is 50.5 Å². The number of nitrogens with one attached hydrogen (secondary N) is 2. The second-order valence-electron chi connectivity index (χ2n) is 6.37. The molecule has 0 aliphatic heterocycles. The fourth-order valence-corrected chi connectivity index (χ4v) is 1.83. The predicted octanol–water partition coefficient (Wildman–Crippen LogP) is 0.635. The molecule has 4 N–H and O–H groups in total. The molecule has 4 rings (SSSR count). The molecule has 0 spiro atoms. The van der Waals surface area contributed by atoms with Crippen LogP contribution in [0.1, 0.15) is 27.7 Å². The van der Waals surface area contributed by atoms with Crippen molar-refractivity contribution in [2.45, 2.75) is 27.7 Å². The van der Waals surface area contributed by atoms with E-state index >= 15 is 0 Å². The van der Waals surface area contributed by atoms with Crippen LogP contribution in [0.15, 0.2) is 73.3 Å². The Bertz CT molecular complexity index is 1030. The van der Waals surface area contributed by atoms with Crippen molar-refractivity contribution in [3.05, 3.63) is 73.3 Å². The molecule has 0 atom stereocenters. The SMILES string of the molecule is CC(=O)O.CC(=O)O.CC(=O)[O-].CC(=O)[O-].[Mn+2].c1ccc(-c2cc[nH]n2)nc1.c1ccc(-c2cc[nH]n2)nc1. The van der Waals surface area contributed by atoms with E-state index in [0.29, 0.717) is 0 Å². The van der Waals surface area contributed by atoms with Crippen LogP contribution in [0.2, 0.25) is 0 Å². The number of rotatable bonds is 2. The molecule has 0 aliphatic carbocycles. The number of hydrogen-bond donors (Lipinski definition) is 4. The summed E-state index contributed by atoms with van der Waals surface area (Å²) in [6.07, 6.45) is 7.07. The van der Waals surface area contributed by atoms with Gasteiger partial charge in [0.25, 0.3) is 11.9 Å². The number of carboxylic acid groups (broad SMARTS) is 4.